The van der Waals surface area contributed by atoms with Crippen LogP contribution in [0.4, 0.5) is 11.4 Å². The normalized spacial score (nSPS) is 10.8. The molecule has 0 fully saturated rings. The Labute approximate surface area is 204 Å². The highest BCUT2D eigenvalue weighted by atomic mass is 35.5. The number of carbonyl (C=O) groups is 2. The van der Waals surface area contributed by atoms with Crippen LogP contribution in [0.2, 0.25) is 15.1 Å². The number of nitrogens with zero attached hydrogens (tertiary/aromatic N) is 3. The summed E-state index contributed by atoms with van der Waals surface area (Å²) in [7, 11) is 0. The molecule has 32 heavy (non-hydrogen) atoms. The predicted octanol–water partition coefficient (Wildman–Crippen LogP) is 5.48. The number of aromatic nitrogens is 3. The van der Waals surface area contributed by atoms with Crippen molar-refractivity contribution in [3.8, 4) is 0 Å². The maximum atomic E-state index is 12.4. The van der Waals surface area contributed by atoms with E-state index in [0.29, 0.717) is 33.9 Å². The highest BCUT2D eigenvalue weighted by molar-refractivity contribution is 7.99. The topological polar surface area (TPSA) is 88.9 Å². The monoisotopic (exact) mass is 511 g/mol. The molecule has 0 bridgehead atoms. The number of hydrogen-bond acceptors (Lipinski definition) is 5. The first-order valence-electron chi connectivity index (χ1n) is 9.62. The van der Waals surface area contributed by atoms with E-state index >= 15 is 0 Å². The Morgan fingerprint density at radius 3 is 2.28 bits per heavy atom. The number of rotatable bonds is 8. The number of benzene rings is 2. The predicted molar refractivity (Wildman–Crippen MR) is 130 cm³/mol. The molecule has 1 heterocycles. The van der Waals surface area contributed by atoms with Crippen molar-refractivity contribution in [3.05, 3.63) is 62.9 Å². The van der Waals surface area contributed by atoms with E-state index in [2.05, 4.69) is 20.8 Å². The molecule has 0 atom stereocenters. The third kappa shape index (κ3) is 6.38. The van der Waals surface area contributed by atoms with Crippen LogP contribution in [0, 0.1) is 6.92 Å². The smallest absolute Gasteiger partial charge is 0.234 e. The zero-order valence-electron chi connectivity index (χ0n) is 17.3. The van der Waals surface area contributed by atoms with Gasteiger partial charge in [0.05, 0.1) is 27.9 Å². The highest BCUT2D eigenvalue weighted by Gasteiger charge is 2.17. The molecule has 0 unspecified atom stereocenters. The van der Waals surface area contributed by atoms with Crippen molar-refractivity contribution in [2.24, 2.45) is 0 Å². The Bertz CT molecular complexity index is 1110. The molecule has 7 nitrogen and oxygen atoms in total. The largest absolute Gasteiger partial charge is 0.326 e. The molecule has 0 aliphatic rings. The molecule has 11 heteroatoms. The minimum atomic E-state index is -0.314. The Morgan fingerprint density at radius 1 is 1.00 bits per heavy atom. The van der Waals surface area contributed by atoms with Gasteiger partial charge in [0, 0.05) is 17.3 Å². The number of nitrogens with one attached hydrogen (secondary N) is 2. The Hall–Kier alpha value is -2.26. The number of halogens is 3. The fraction of sp³-hybridized carbons (Fsp3) is 0.238. The fourth-order valence-corrected chi connectivity index (χ4v) is 4.56. The first-order chi connectivity index (χ1) is 15.3. The van der Waals surface area contributed by atoms with Crippen LogP contribution in [0.5, 0.6) is 0 Å². The van der Waals surface area contributed by atoms with Gasteiger partial charge in [0.1, 0.15) is 5.82 Å². The van der Waals surface area contributed by atoms with Gasteiger partial charge in [-0.15, -0.1) is 10.2 Å². The van der Waals surface area contributed by atoms with E-state index in [1.165, 1.54) is 23.9 Å². The minimum Gasteiger partial charge on any atom is -0.326 e. The van der Waals surface area contributed by atoms with Crippen molar-refractivity contribution >= 4 is 69.8 Å². The van der Waals surface area contributed by atoms with E-state index in [1.807, 2.05) is 38.1 Å². The van der Waals surface area contributed by atoms with Crippen LogP contribution < -0.4 is 10.6 Å². The summed E-state index contributed by atoms with van der Waals surface area (Å²) in [6.07, 6.45) is 0.0669. The number of hydrogen-bond donors (Lipinski definition) is 2. The summed E-state index contributed by atoms with van der Waals surface area (Å²) in [5, 5.41) is 15.2. The number of amides is 2. The lowest BCUT2D eigenvalue weighted by Crippen LogP contribution is -2.18. The van der Waals surface area contributed by atoms with E-state index in [4.69, 9.17) is 34.8 Å². The number of aryl methyl sites for hydroxylation is 1. The summed E-state index contributed by atoms with van der Waals surface area (Å²) < 4.78 is 1.80. The molecule has 3 aromatic rings. The molecule has 0 saturated carbocycles. The average molecular weight is 513 g/mol. The van der Waals surface area contributed by atoms with Crippen LogP contribution in [0.15, 0.2) is 41.6 Å². The van der Waals surface area contributed by atoms with E-state index in [9.17, 15) is 9.59 Å². The molecule has 2 amide bonds. The van der Waals surface area contributed by atoms with Gasteiger partial charge in [-0.2, -0.15) is 0 Å². The molecule has 0 spiro atoms. The van der Waals surface area contributed by atoms with Gasteiger partial charge in [-0.25, -0.2) is 0 Å². The molecular formula is C21H20Cl3N5O2S. The van der Waals surface area contributed by atoms with Crippen LogP contribution in [0.3, 0.4) is 0 Å². The summed E-state index contributed by atoms with van der Waals surface area (Å²) in [4.78, 5) is 24.8. The van der Waals surface area contributed by atoms with Gasteiger partial charge in [-0.3, -0.25) is 9.59 Å². The van der Waals surface area contributed by atoms with Crippen molar-refractivity contribution in [3.63, 3.8) is 0 Å². The second kappa shape index (κ2) is 11.0. The number of anilines is 2. The lowest BCUT2D eigenvalue weighted by molar-refractivity contribution is -0.116. The SMILES string of the molecule is CCn1c(CC(=O)Nc2ccc(C)cc2)nnc1SCC(=O)Nc1c(Cl)cc(Cl)cc1Cl. The van der Waals surface area contributed by atoms with Gasteiger partial charge >= 0.3 is 0 Å². The standard InChI is InChI=1S/C21H20Cl3N5O2S/c1-3-29-17(10-18(30)25-14-6-4-12(2)5-7-14)27-28-21(29)32-11-19(31)26-20-15(23)8-13(22)9-16(20)24/h4-9H,3,10-11H2,1-2H3,(H,25,30)(H,26,31). The molecule has 168 valence electrons. The zero-order valence-corrected chi connectivity index (χ0v) is 20.4. The van der Waals surface area contributed by atoms with Gasteiger partial charge in [0.25, 0.3) is 0 Å². The molecule has 3 rings (SSSR count). The molecule has 1 aromatic heterocycles. The fourth-order valence-electron chi connectivity index (χ4n) is 2.83. The molecule has 0 aliphatic heterocycles. The van der Waals surface area contributed by atoms with E-state index in [1.54, 1.807) is 4.57 Å². The van der Waals surface area contributed by atoms with Crippen molar-refractivity contribution in [2.75, 3.05) is 16.4 Å². The Kier molecular flexibility index (Phi) is 8.42. The first-order valence-corrected chi connectivity index (χ1v) is 11.7. The Balaban J connectivity index is 1.60. The van der Waals surface area contributed by atoms with Crippen LogP contribution in [-0.2, 0) is 22.6 Å². The highest BCUT2D eigenvalue weighted by Crippen LogP contribution is 2.33. The molecule has 2 N–H and O–H groups in total. The second-order valence-electron chi connectivity index (χ2n) is 6.82. The lowest BCUT2D eigenvalue weighted by Gasteiger charge is -2.10. The minimum absolute atomic E-state index is 0.0585. The molecular weight excluding hydrogens is 493 g/mol. The van der Waals surface area contributed by atoms with Crippen molar-refractivity contribution in [1.82, 2.24) is 14.8 Å². The van der Waals surface area contributed by atoms with Crippen LogP contribution in [0.25, 0.3) is 0 Å². The lowest BCUT2D eigenvalue weighted by atomic mass is 10.2. The van der Waals surface area contributed by atoms with Crippen LogP contribution >= 0.6 is 46.6 Å². The van der Waals surface area contributed by atoms with Gasteiger partial charge in [-0.05, 0) is 38.1 Å². The van der Waals surface area contributed by atoms with E-state index in [-0.39, 0.29) is 34.0 Å². The third-order valence-electron chi connectivity index (χ3n) is 4.37. The second-order valence-corrected chi connectivity index (χ2v) is 9.01. The van der Waals surface area contributed by atoms with Crippen LogP contribution in [0.1, 0.15) is 18.3 Å². The molecule has 0 aliphatic carbocycles. The third-order valence-corrected chi connectivity index (χ3v) is 6.15. The van der Waals surface area contributed by atoms with Crippen LogP contribution in [-0.4, -0.2) is 32.3 Å². The maximum Gasteiger partial charge on any atom is 0.234 e. The van der Waals surface area contributed by atoms with Crippen molar-refractivity contribution in [2.45, 2.75) is 32.0 Å². The van der Waals surface area contributed by atoms with Gasteiger partial charge in [0.15, 0.2) is 5.16 Å². The van der Waals surface area contributed by atoms with E-state index in [0.717, 1.165) is 5.56 Å². The van der Waals surface area contributed by atoms with Crippen molar-refractivity contribution < 1.29 is 9.59 Å². The number of carbonyl (C=O) groups excluding carboxylic acids is 2. The van der Waals surface area contributed by atoms with Gasteiger partial charge in [-0.1, -0.05) is 64.3 Å². The molecule has 0 saturated heterocycles. The first kappa shape index (κ1) is 24.4. The Morgan fingerprint density at radius 2 is 1.66 bits per heavy atom. The maximum absolute atomic E-state index is 12.4. The summed E-state index contributed by atoms with van der Waals surface area (Å²) in [5.41, 5.74) is 2.13. The molecule has 2 aromatic carbocycles. The van der Waals surface area contributed by atoms with Gasteiger partial charge < -0.3 is 15.2 Å². The summed E-state index contributed by atoms with van der Waals surface area (Å²) in [5.74, 6) is 0.0645. The van der Waals surface area contributed by atoms with E-state index < -0.39 is 0 Å². The quantitative estimate of drug-likeness (QED) is 0.390. The van der Waals surface area contributed by atoms with Gasteiger partial charge in [0.2, 0.25) is 11.8 Å². The zero-order chi connectivity index (χ0) is 23.3. The summed E-state index contributed by atoms with van der Waals surface area (Å²) >= 11 is 19.3. The summed E-state index contributed by atoms with van der Waals surface area (Å²) in [6.45, 7) is 4.45. The number of thioether (sulfide) groups is 1. The summed E-state index contributed by atoms with van der Waals surface area (Å²) in [6, 6.07) is 10.5. The average Bonchev–Trinajstić information content (AvgIpc) is 3.12. The van der Waals surface area contributed by atoms with Crippen molar-refractivity contribution in [1.29, 1.82) is 0 Å². The molecule has 0 radical (unpaired) electrons.